The van der Waals surface area contributed by atoms with E-state index in [0.29, 0.717) is 0 Å². The lowest BCUT2D eigenvalue weighted by Crippen LogP contribution is -2.38. The molecular weight excluding hydrogens is 349 g/mol. The van der Waals surface area contributed by atoms with Gasteiger partial charge in [-0.2, -0.15) is 13.2 Å². The van der Waals surface area contributed by atoms with Crippen molar-refractivity contribution < 1.29 is 31.1 Å². The van der Waals surface area contributed by atoms with Gasteiger partial charge in [-0.3, -0.25) is 4.79 Å². The predicted molar refractivity (Wildman–Crippen MR) is 80.7 cm³/mol. The van der Waals surface area contributed by atoms with Crippen LogP contribution in [0.15, 0.2) is 35.2 Å². The highest BCUT2D eigenvalue weighted by atomic mass is 32.2. The molecule has 0 aliphatic carbocycles. The largest absolute Gasteiger partial charge is 0.411 e. The van der Waals surface area contributed by atoms with Crippen LogP contribution in [-0.4, -0.2) is 46.3 Å². The van der Waals surface area contributed by atoms with Gasteiger partial charge in [-0.1, -0.05) is 18.2 Å². The molecule has 136 valence electrons. The fourth-order valence-corrected chi connectivity index (χ4v) is 2.77. The molecule has 24 heavy (non-hydrogen) atoms. The van der Waals surface area contributed by atoms with Crippen molar-refractivity contribution >= 4 is 15.9 Å². The zero-order valence-electron chi connectivity index (χ0n) is 13.0. The molecule has 0 radical (unpaired) electrons. The van der Waals surface area contributed by atoms with Gasteiger partial charge in [0, 0.05) is 19.0 Å². The van der Waals surface area contributed by atoms with Crippen molar-refractivity contribution in [1.82, 2.24) is 10.0 Å². The normalized spacial score (nSPS) is 13.5. The van der Waals surface area contributed by atoms with Crippen molar-refractivity contribution in [3.05, 3.63) is 30.3 Å². The lowest BCUT2D eigenvalue weighted by Gasteiger charge is -2.15. The molecule has 0 saturated carbocycles. The van der Waals surface area contributed by atoms with Crippen LogP contribution in [0.2, 0.25) is 0 Å². The van der Waals surface area contributed by atoms with Gasteiger partial charge in [-0.15, -0.1) is 0 Å². The number of rotatable bonds is 9. The van der Waals surface area contributed by atoms with Crippen molar-refractivity contribution in [3.63, 3.8) is 0 Å². The highest BCUT2D eigenvalue weighted by molar-refractivity contribution is 7.89. The minimum absolute atomic E-state index is 0.0827. The molecule has 1 amide bonds. The van der Waals surface area contributed by atoms with E-state index in [2.05, 4.69) is 14.8 Å². The number of alkyl halides is 3. The van der Waals surface area contributed by atoms with Gasteiger partial charge in [0.05, 0.1) is 11.5 Å². The number of halogens is 3. The predicted octanol–water partition coefficient (Wildman–Crippen LogP) is 1.44. The van der Waals surface area contributed by atoms with E-state index >= 15 is 0 Å². The SMILES string of the molecule is CC(COCC(F)(F)F)NC(=O)CCNS(=O)(=O)c1ccccc1. The van der Waals surface area contributed by atoms with E-state index in [1.54, 1.807) is 18.2 Å². The van der Waals surface area contributed by atoms with E-state index in [0.717, 1.165) is 0 Å². The van der Waals surface area contributed by atoms with Gasteiger partial charge < -0.3 is 10.1 Å². The van der Waals surface area contributed by atoms with E-state index in [1.807, 2.05) is 0 Å². The maximum absolute atomic E-state index is 11.9. The molecular formula is C14H19F3N2O4S. The lowest BCUT2D eigenvalue weighted by molar-refractivity contribution is -0.175. The number of carbonyl (C=O) groups excluding carboxylic acids is 1. The highest BCUT2D eigenvalue weighted by Crippen LogP contribution is 2.14. The number of sulfonamides is 1. The van der Waals surface area contributed by atoms with Gasteiger partial charge in [-0.05, 0) is 19.1 Å². The monoisotopic (exact) mass is 368 g/mol. The molecule has 0 fully saturated rings. The Hall–Kier alpha value is -1.65. The van der Waals surface area contributed by atoms with E-state index in [-0.39, 0.29) is 24.5 Å². The summed E-state index contributed by atoms with van der Waals surface area (Å²) in [4.78, 5) is 11.7. The maximum atomic E-state index is 11.9. The van der Waals surface area contributed by atoms with Gasteiger partial charge in [0.25, 0.3) is 0 Å². The van der Waals surface area contributed by atoms with E-state index < -0.39 is 34.8 Å². The second kappa shape index (κ2) is 9.00. The standard InChI is InChI=1S/C14H19F3N2O4S/c1-11(9-23-10-14(15,16)17)19-13(20)7-8-18-24(21,22)12-5-3-2-4-6-12/h2-6,11,18H,7-10H2,1H3,(H,19,20). The third-order valence-corrected chi connectivity index (χ3v) is 4.22. The highest BCUT2D eigenvalue weighted by Gasteiger charge is 2.27. The minimum atomic E-state index is -4.42. The summed E-state index contributed by atoms with van der Waals surface area (Å²) in [6.45, 7) is -0.313. The zero-order valence-corrected chi connectivity index (χ0v) is 13.8. The third kappa shape index (κ3) is 8.27. The molecule has 0 bridgehead atoms. The third-order valence-electron chi connectivity index (χ3n) is 2.74. The number of ether oxygens (including phenoxy) is 1. The molecule has 0 saturated heterocycles. The summed E-state index contributed by atoms with van der Waals surface area (Å²) >= 11 is 0. The van der Waals surface area contributed by atoms with E-state index in [4.69, 9.17) is 0 Å². The Bertz CT molecular complexity index is 621. The first-order valence-corrected chi connectivity index (χ1v) is 8.57. The zero-order chi connectivity index (χ0) is 18.2. The summed E-state index contributed by atoms with van der Waals surface area (Å²) < 4.78 is 66.2. The number of hydrogen-bond acceptors (Lipinski definition) is 4. The van der Waals surface area contributed by atoms with Crippen LogP contribution >= 0.6 is 0 Å². The number of carbonyl (C=O) groups is 1. The Kier molecular flexibility index (Phi) is 7.64. The Morgan fingerprint density at radius 1 is 1.25 bits per heavy atom. The molecule has 0 aromatic heterocycles. The van der Waals surface area contributed by atoms with Crippen LogP contribution in [0.5, 0.6) is 0 Å². The van der Waals surface area contributed by atoms with Crippen LogP contribution in [0.1, 0.15) is 13.3 Å². The Labute approximate surface area is 138 Å². The average molecular weight is 368 g/mol. The molecule has 1 atom stereocenters. The van der Waals surface area contributed by atoms with Crippen molar-refractivity contribution in [1.29, 1.82) is 0 Å². The molecule has 10 heteroatoms. The van der Waals surface area contributed by atoms with E-state index in [1.165, 1.54) is 19.1 Å². The molecule has 6 nitrogen and oxygen atoms in total. The van der Waals surface area contributed by atoms with Crippen LogP contribution in [0.4, 0.5) is 13.2 Å². The molecule has 0 heterocycles. The smallest absolute Gasteiger partial charge is 0.370 e. The first-order valence-electron chi connectivity index (χ1n) is 7.09. The summed E-state index contributed by atoms with van der Waals surface area (Å²) in [5.41, 5.74) is 0. The molecule has 0 spiro atoms. The van der Waals surface area contributed by atoms with Gasteiger partial charge in [0.15, 0.2) is 0 Å². The molecule has 0 aliphatic heterocycles. The molecule has 1 aromatic rings. The first kappa shape index (κ1) is 20.4. The molecule has 1 aromatic carbocycles. The second-order valence-corrected chi connectivity index (χ2v) is 6.83. The van der Waals surface area contributed by atoms with Crippen LogP contribution in [0.25, 0.3) is 0 Å². The minimum Gasteiger partial charge on any atom is -0.370 e. The van der Waals surface area contributed by atoms with Gasteiger partial charge in [-0.25, -0.2) is 13.1 Å². The van der Waals surface area contributed by atoms with Crippen molar-refractivity contribution in [2.75, 3.05) is 19.8 Å². The number of amides is 1. The van der Waals surface area contributed by atoms with Gasteiger partial charge >= 0.3 is 6.18 Å². The molecule has 2 N–H and O–H groups in total. The van der Waals surface area contributed by atoms with Crippen molar-refractivity contribution in [3.8, 4) is 0 Å². The average Bonchev–Trinajstić information content (AvgIpc) is 2.46. The Balaban J connectivity index is 2.29. The van der Waals surface area contributed by atoms with Crippen molar-refractivity contribution in [2.24, 2.45) is 0 Å². The summed E-state index contributed by atoms with van der Waals surface area (Å²) in [5.74, 6) is -0.492. The summed E-state index contributed by atoms with van der Waals surface area (Å²) in [6, 6.07) is 7.04. The Morgan fingerprint density at radius 2 is 1.88 bits per heavy atom. The fourth-order valence-electron chi connectivity index (χ4n) is 1.72. The topological polar surface area (TPSA) is 84.5 Å². The summed E-state index contributed by atoms with van der Waals surface area (Å²) in [6.07, 6.45) is -4.56. The van der Waals surface area contributed by atoms with Crippen molar-refractivity contribution in [2.45, 2.75) is 30.5 Å². The quantitative estimate of drug-likeness (QED) is 0.691. The van der Waals surface area contributed by atoms with E-state index in [9.17, 15) is 26.4 Å². The van der Waals surface area contributed by atoms with Gasteiger partial charge in [0.2, 0.25) is 15.9 Å². The number of hydrogen-bond donors (Lipinski definition) is 2. The first-order chi connectivity index (χ1) is 11.1. The Morgan fingerprint density at radius 3 is 2.46 bits per heavy atom. The van der Waals surface area contributed by atoms with Crippen LogP contribution < -0.4 is 10.0 Å². The number of nitrogens with one attached hydrogen (secondary N) is 2. The van der Waals surface area contributed by atoms with Crippen LogP contribution in [0.3, 0.4) is 0 Å². The number of benzene rings is 1. The van der Waals surface area contributed by atoms with Crippen LogP contribution in [0, 0.1) is 0 Å². The van der Waals surface area contributed by atoms with Crippen LogP contribution in [-0.2, 0) is 19.6 Å². The molecule has 0 aliphatic rings. The maximum Gasteiger partial charge on any atom is 0.411 e. The molecule has 1 rings (SSSR count). The summed E-state index contributed by atoms with van der Waals surface area (Å²) in [5, 5.41) is 2.43. The second-order valence-electron chi connectivity index (χ2n) is 5.06. The van der Waals surface area contributed by atoms with Gasteiger partial charge in [0.1, 0.15) is 6.61 Å². The fraction of sp³-hybridized carbons (Fsp3) is 0.500. The lowest BCUT2D eigenvalue weighted by atomic mass is 10.3. The summed E-state index contributed by atoms with van der Waals surface area (Å²) in [7, 11) is -3.69. The molecule has 1 unspecified atom stereocenters.